The highest BCUT2D eigenvalue weighted by Crippen LogP contribution is 2.29. The lowest BCUT2D eigenvalue weighted by Gasteiger charge is -2.06. The molecule has 0 spiro atoms. The standard InChI is InChI=1S/C17H11Cl2N3O/c1-22-15-5-3-2-4-14(15)21-17(22)13(9-20)16(23)10-6-11(18)8-12(19)7-10/h2-8,23H,1H3/b16-13+. The first-order valence-corrected chi connectivity index (χ1v) is 7.48. The van der Waals surface area contributed by atoms with Gasteiger partial charge in [0.1, 0.15) is 17.4 Å². The lowest BCUT2D eigenvalue weighted by Crippen LogP contribution is -1.99. The molecule has 0 atom stereocenters. The van der Waals surface area contributed by atoms with Crippen LogP contribution in [-0.4, -0.2) is 14.7 Å². The maximum absolute atomic E-state index is 10.5. The molecule has 1 N–H and O–H groups in total. The Morgan fingerprint density at radius 1 is 1.17 bits per heavy atom. The van der Waals surface area contributed by atoms with Crippen LogP contribution in [0.5, 0.6) is 0 Å². The molecule has 0 aliphatic heterocycles. The number of aryl methyl sites for hydroxylation is 1. The van der Waals surface area contributed by atoms with Gasteiger partial charge in [-0.2, -0.15) is 5.26 Å². The molecular weight excluding hydrogens is 333 g/mol. The van der Waals surface area contributed by atoms with Crippen molar-refractivity contribution in [3.63, 3.8) is 0 Å². The van der Waals surface area contributed by atoms with Crippen LogP contribution in [0, 0.1) is 11.3 Å². The van der Waals surface area contributed by atoms with Crippen LogP contribution in [0.1, 0.15) is 11.4 Å². The average molecular weight is 344 g/mol. The van der Waals surface area contributed by atoms with Crippen LogP contribution in [0.2, 0.25) is 10.0 Å². The number of nitriles is 1. The number of allylic oxidation sites excluding steroid dienone is 1. The first-order valence-electron chi connectivity index (χ1n) is 6.73. The Morgan fingerprint density at radius 3 is 2.43 bits per heavy atom. The number of imidazole rings is 1. The van der Waals surface area contributed by atoms with Crippen molar-refractivity contribution >= 4 is 45.6 Å². The van der Waals surface area contributed by atoms with Crippen molar-refractivity contribution in [1.82, 2.24) is 9.55 Å². The molecule has 0 aliphatic rings. The van der Waals surface area contributed by atoms with Crippen LogP contribution >= 0.6 is 23.2 Å². The quantitative estimate of drug-likeness (QED) is 0.535. The molecule has 0 radical (unpaired) electrons. The molecule has 114 valence electrons. The Labute approximate surface area is 142 Å². The minimum atomic E-state index is -0.213. The van der Waals surface area contributed by atoms with E-state index in [1.54, 1.807) is 29.8 Å². The largest absolute Gasteiger partial charge is 0.506 e. The Hall–Kier alpha value is -2.48. The van der Waals surface area contributed by atoms with Crippen LogP contribution in [-0.2, 0) is 7.05 Å². The van der Waals surface area contributed by atoms with E-state index in [2.05, 4.69) is 4.98 Å². The minimum absolute atomic E-state index is 0.0574. The van der Waals surface area contributed by atoms with Gasteiger partial charge in [0, 0.05) is 22.7 Å². The molecule has 0 unspecified atom stereocenters. The van der Waals surface area contributed by atoms with Gasteiger partial charge in [0.05, 0.1) is 11.0 Å². The van der Waals surface area contributed by atoms with Gasteiger partial charge in [0.2, 0.25) is 0 Å². The monoisotopic (exact) mass is 343 g/mol. The van der Waals surface area contributed by atoms with Gasteiger partial charge < -0.3 is 9.67 Å². The SMILES string of the molecule is Cn1c(/C(C#N)=C(/O)c2cc(Cl)cc(Cl)c2)nc2ccccc21. The Balaban J connectivity index is 2.25. The highest BCUT2D eigenvalue weighted by molar-refractivity contribution is 6.34. The molecular formula is C17H11Cl2N3O. The Bertz CT molecular complexity index is 963. The lowest BCUT2D eigenvalue weighted by atomic mass is 10.1. The van der Waals surface area contributed by atoms with E-state index in [0.29, 0.717) is 21.4 Å². The van der Waals surface area contributed by atoms with E-state index in [1.807, 2.05) is 30.3 Å². The molecule has 3 aromatic rings. The summed E-state index contributed by atoms with van der Waals surface area (Å²) in [6, 6.07) is 14.2. The summed E-state index contributed by atoms with van der Waals surface area (Å²) < 4.78 is 1.76. The summed E-state index contributed by atoms with van der Waals surface area (Å²) >= 11 is 11.9. The van der Waals surface area contributed by atoms with Gasteiger partial charge in [-0.15, -0.1) is 0 Å². The van der Waals surface area contributed by atoms with E-state index in [-0.39, 0.29) is 11.3 Å². The van der Waals surface area contributed by atoms with Crippen molar-refractivity contribution in [2.24, 2.45) is 7.05 Å². The summed E-state index contributed by atoms with van der Waals surface area (Å²) in [6.07, 6.45) is 0. The van der Waals surface area contributed by atoms with E-state index < -0.39 is 0 Å². The second kappa shape index (κ2) is 5.96. The van der Waals surface area contributed by atoms with Gasteiger partial charge >= 0.3 is 0 Å². The third kappa shape index (κ3) is 2.77. The predicted octanol–water partition coefficient (Wildman–Crippen LogP) is 4.83. The van der Waals surface area contributed by atoms with Crippen LogP contribution in [0.15, 0.2) is 42.5 Å². The van der Waals surface area contributed by atoms with Crippen molar-refractivity contribution in [3.8, 4) is 6.07 Å². The maximum Gasteiger partial charge on any atom is 0.155 e. The first-order chi connectivity index (χ1) is 11.0. The number of fused-ring (bicyclic) bond motifs is 1. The van der Waals surface area contributed by atoms with Gasteiger partial charge in [-0.05, 0) is 30.3 Å². The molecule has 0 aliphatic carbocycles. The fourth-order valence-electron chi connectivity index (χ4n) is 2.41. The van der Waals surface area contributed by atoms with Gasteiger partial charge in [0.15, 0.2) is 5.82 Å². The Morgan fingerprint density at radius 2 is 1.83 bits per heavy atom. The molecule has 6 heteroatoms. The molecule has 0 saturated carbocycles. The van der Waals surface area contributed by atoms with Crippen LogP contribution in [0.4, 0.5) is 0 Å². The fourth-order valence-corrected chi connectivity index (χ4v) is 2.94. The molecule has 0 amide bonds. The Kier molecular flexibility index (Phi) is 3.99. The van der Waals surface area contributed by atoms with E-state index >= 15 is 0 Å². The topological polar surface area (TPSA) is 61.8 Å². The zero-order valence-electron chi connectivity index (χ0n) is 12.1. The van der Waals surface area contributed by atoms with Crippen molar-refractivity contribution < 1.29 is 5.11 Å². The highest BCUT2D eigenvalue weighted by atomic mass is 35.5. The number of aliphatic hydroxyl groups is 1. The van der Waals surface area contributed by atoms with Crippen molar-refractivity contribution in [2.45, 2.75) is 0 Å². The molecule has 4 nitrogen and oxygen atoms in total. The van der Waals surface area contributed by atoms with Crippen molar-refractivity contribution in [3.05, 3.63) is 63.9 Å². The highest BCUT2D eigenvalue weighted by Gasteiger charge is 2.18. The van der Waals surface area contributed by atoms with Crippen LogP contribution in [0.25, 0.3) is 22.4 Å². The summed E-state index contributed by atoms with van der Waals surface area (Å²) in [5, 5.41) is 20.8. The summed E-state index contributed by atoms with van der Waals surface area (Å²) in [5.74, 6) is 0.164. The van der Waals surface area contributed by atoms with Gasteiger partial charge in [-0.25, -0.2) is 4.98 Å². The molecule has 0 fully saturated rings. The number of benzene rings is 2. The third-order valence-electron chi connectivity index (χ3n) is 3.50. The number of aliphatic hydroxyl groups excluding tert-OH is 1. The van der Waals surface area contributed by atoms with E-state index in [4.69, 9.17) is 23.2 Å². The van der Waals surface area contributed by atoms with Crippen molar-refractivity contribution in [1.29, 1.82) is 5.26 Å². The molecule has 2 aromatic carbocycles. The number of hydrogen-bond acceptors (Lipinski definition) is 3. The van der Waals surface area contributed by atoms with Gasteiger partial charge in [-0.3, -0.25) is 0 Å². The number of halogens is 2. The van der Waals surface area contributed by atoms with Crippen LogP contribution < -0.4 is 0 Å². The first kappa shape index (κ1) is 15.4. The van der Waals surface area contributed by atoms with E-state index in [0.717, 1.165) is 11.0 Å². The predicted molar refractivity (Wildman–Crippen MR) is 92.2 cm³/mol. The molecule has 0 saturated heterocycles. The second-order valence-electron chi connectivity index (χ2n) is 4.98. The number of nitrogens with zero attached hydrogens (tertiary/aromatic N) is 3. The maximum atomic E-state index is 10.5. The van der Waals surface area contributed by atoms with E-state index in [1.165, 1.54) is 0 Å². The number of aromatic nitrogens is 2. The molecule has 23 heavy (non-hydrogen) atoms. The lowest BCUT2D eigenvalue weighted by molar-refractivity contribution is 0.513. The van der Waals surface area contributed by atoms with E-state index in [9.17, 15) is 10.4 Å². The smallest absolute Gasteiger partial charge is 0.155 e. The van der Waals surface area contributed by atoms with Gasteiger partial charge in [-0.1, -0.05) is 35.3 Å². The summed E-state index contributed by atoms with van der Waals surface area (Å²) in [5.41, 5.74) is 2.04. The number of rotatable bonds is 2. The summed E-state index contributed by atoms with van der Waals surface area (Å²) in [7, 11) is 1.79. The summed E-state index contributed by atoms with van der Waals surface area (Å²) in [4.78, 5) is 4.43. The fraction of sp³-hybridized carbons (Fsp3) is 0.0588. The molecule has 0 bridgehead atoms. The third-order valence-corrected chi connectivity index (χ3v) is 3.93. The molecule has 1 aromatic heterocycles. The van der Waals surface area contributed by atoms with Gasteiger partial charge in [0.25, 0.3) is 0 Å². The zero-order chi connectivity index (χ0) is 16.6. The molecule has 1 heterocycles. The van der Waals surface area contributed by atoms with Crippen LogP contribution in [0.3, 0.4) is 0 Å². The summed E-state index contributed by atoms with van der Waals surface area (Å²) in [6.45, 7) is 0. The van der Waals surface area contributed by atoms with Crippen molar-refractivity contribution in [2.75, 3.05) is 0 Å². The minimum Gasteiger partial charge on any atom is -0.506 e. The zero-order valence-corrected chi connectivity index (χ0v) is 13.6. The second-order valence-corrected chi connectivity index (χ2v) is 5.85. The number of hydrogen-bond donors (Lipinski definition) is 1. The number of para-hydroxylation sites is 2. The molecule has 3 rings (SSSR count). The normalized spacial score (nSPS) is 12.1. The average Bonchev–Trinajstić information content (AvgIpc) is 2.85.